The number of likely N-dealkylation sites (tertiary alicyclic amines) is 1. The first-order valence-corrected chi connectivity index (χ1v) is 13.8. The zero-order chi connectivity index (χ0) is 25.9. The Morgan fingerprint density at radius 2 is 1.77 bits per heavy atom. The van der Waals surface area contributed by atoms with Crippen LogP contribution < -0.4 is 5.32 Å². The Bertz CT molecular complexity index is 995. The minimum Gasteiger partial charge on any atom is -0.444 e. The lowest BCUT2D eigenvalue weighted by Crippen LogP contribution is -2.57. The number of ketones is 1. The molecule has 0 aromatic heterocycles. The largest absolute Gasteiger partial charge is 0.444 e. The van der Waals surface area contributed by atoms with Crippen LogP contribution in [-0.2, 0) is 19.5 Å². The SMILES string of the molecule is CNCCCCC1COC2(CCN(C(=O)OC(C)(C)C)CC2)N1S(=O)(=O)c1ccc(C(C)=O)cc1. The highest BCUT2D eigenvalue weighted by atomic mass is 32.2. The van der Waals surface area contributed by atoms with Gasteiger partial charge in [-0.2, -0.15) is 4.31 Å². The molecule has 10 heteroatoms. The molecular formula is C25H39N3O6S. The van der Waals surface area contributed by atoms with Gasteiger partial charge in [0, 0.05) is 31.5 Å². The van der Waals surface area contributed by atoms with Crippen LogP contribution in [0.5, 0.6) is 0 Å². The smallest absolute Gasteiger partial charge is 0.410 e. The molecule has 2 aliphatic rings. The minimum atomic E-state index is -3.90. The molecule has 1 amide bonds. The van der Waals surface area contributed by atoms with Crippen LogP contribution in [0, 0.1) is 0 Å². The lowest BCUT2D eigenvalue weighted by molar-refractivity contribution is -0.0917. The summed E-state index contributed by atoms with van der Waals surface area (Å²) in [4.78, 5) is 26.0. The number of Topliss-reactive ketones (excluding diaryl/α,β-unsaturated/α-hetero) is 1. The summed E-state index contributed by atoms with van der Waals surface area (Å²) >= 11 is 0. The van der Waals surface area contributed by atoms with Crippen LogP contribution >= 0.6 is 0 Å². The number of benzene rings is 1. The summed E-state index contributed by atoms with van der Waals surface area (Å²) in [5.41, 5.74) is -1.15. The number of rotatable bonds is 8. The van der Waals surface area contributed by atoms with Gasteiger partial charge in [-0.3, -0.25) is 4.79 Å². The molecule has 0 radical (unpaired) electrons. The minimum absolute atomic E-state index is 0.119. The number of hydrogen-bond donors (Lipinski definition) is 1. The lowest BCUT2D eigenvalue weighted by atomic mass is 10.00. The highest BCUT2D eigenvalue weighted by Gasteiger charge is 2.55. The number of nitrogens with zero attached hydrogens (tertiary/aromatic N) is 2. The second kappa shape index (κ2) is 10.9. The molecule has 1 spiro atoms. The monoisotopic (exact) mass is 509 g/mol. The van der Waals surface area contributed by atoms with Gasteiger partial charge in [-0.25, -0.2) is 13.2 Å². The van der Waals surface area contributed by atoms with Crippen molar-refractivity contribution in [1.82, 2.24) is 14.5 Å². The van der Waals surface area contributed by atoms with Crippen LogP contribution in [-0.4, -0.2) is 80.2 Å². The summed E-state index contributed by atoms with van der Waals surface area (Å²) in [6, 6.07) is 5.78. The van der Waals surface area contributed by atoms with Crippen molar-refractivity contribution in [3.8, 4) is 0 Å². The van der Waals surface area contributed by atoms with Crippen LogP contribution in [0.3, 0.4) is 0 Å². The van der Waals surface area contributed by atoms with E-state index in [1.54, 1.807) is 21.3 Å². The molecule has 35 heavy (non-hydrogen) atoms. The molecule has 3 rings (SSSR count). The molecule has 196 valence electrons. The van der Waals surface area contributed by atoms with Crippen molar-refractivity contribution in [3.63, 3.8) is 0 Å². The average molecular weight is 510 g/mol. The second-order valence-corrected chi connectivity index (χ2v) is 12.2. The fraction of sp³-hybridized carbons (Fsp3) is 0.680. The normalized spacial score (nSPS) is 20.8. The Morgan fingerprint density at radius 1 is 1.14 bits per heavy atom. The predicted molar refractivity (Wildman–Crippen MR) is 133 cm³/mol. The van der Waals surface area contributed by atoms with Gasteiger partial charge in [0.2, 0.25) is 10.0 Å². The van der Waals surface area contributed by atoms with Crippen LogP contribution in [0.1, 0.15) is 70.2 Å². The summed E-state index contributed by atoms with van der Waals surface area (Å²) in [6.07, 6.45) is 2.82. The molecule has 1 unspecified atom stereocenters. The summed E-state index contributed by atoms with van der Waals surface area (Å²) in [6.45, 7) is 8.78. The van der Waals surface area contributed by atoms with Crippen molar-refractivity contribution in [2.75, 3.05) is 33.3 Å². The van der Waals surface area contributed by atoms with E-state index < -0.39 is 27.4 Å². The molecule has 0 bridgehead atoms. The number of sulfonamides is 1. The first-order chi connectivity index (χ1) is 16.4. The zero-order valence-electron chi connectivity index (χ0n) is 21.5. The van der Waals surface area contributed by atoms with Gasteiger partial charge in [0.15, 0.2) is 5.78 Å². The van der Waals surface area contributed by atoms with Gasteiger partial charge in [-0.05, 0) is 66.3 Å². The Labute approximate surface area is 209 Å². The lowest BCUT2D eigenvalue weighted by Gasteiger charge is -2.44. The predicted octanol–water partition coefficient (Wildman–Crippen LogP) is 3.40. The molecule has 2 aliphatic heterocycles. The Balaban J connectivity index is 1.85. The first-order valence-electron chi connectivity index (χ1n) is 12.3. The van der Waals surface area contributed by atoms with Crippen molar-refractivity contribution < 1.29 is 27.5 Å². The van der Waals surface area contributed by atoms with Crippen LogP contribution in [0.4, 0.5) is 4.79 Å². The maximum absolute atomic E-state index is 13.9. The van der Waals surface area contributed by atoms with Gasteiger partial charge in [0.25, 0.3) is 0 Å². The molecule has 2 saturated heterocycles. The number of piperidine rings is 1. The quantitative estimate of drug-likeness (QED) is 0.423. The first kappa shape index (κ1) is 27.6. The van der Waals surface area contributed by atoms with Crippen LogP contribution in [0.15, 0.2) is 29.2 Å². The average Bonchev–Trinajstić information content (AvgIpc) is 3.14. The van der Waals surface area contributed by atoms with Gasteiger partial charge in [0.05, 0.1) is 17.5 Å². The summed E-state index contributed by atoms with van der Waals surface area (Å²) in [5, 5.41) is 3.12. The van der Waals surface area contributed by atoms with E-state index in [4.69, 9.17) is 9.47 Å². The molecule has 1 aromatic carbocycles. The van der Waals surface area contributed by atoms with Gasteiger partial charge in [-0.1, -0.05) is 18.6 Å². The van der Waals surface area contributed by atoms with E-state index in [0.29, 0.717) is 44.5 Å². The summed E-state index contributed by atoms with van der Waals surface area (Å²) in [5.74, 6) is -0.119. The van der Waals surface area contributed by atoms with E-state index in [0.717, 1.165) is 19.4 Å². The number of nitrogens with one attached hydrogen (secondary N) is 1. The molecule has 1 atom stereocenters. The molecular weight excluding hydrogens is 470 g/mol. The molecule has 9 nitrogen and oxygen atoms in total. The molecule has 2 fully saturated rings. The Kier molecular flexibility index (Phi) is 8.62. The number of ether oxygens (including phenoxy) is 2. The van der Waals surface area contributed by atoms with Crippen LogP contribution in [0.25, 0.3) is 0 Å². The van der Waals surface area contributed by atoms with E-state index >= 15 is 0 Å². The molecule has 0 saturated carbocycles. The van der Waals surface area contributed by atoms with E-state index in [1.165, 1.54) is 19.1 Å². The zero-order valence-corrected chi connectivity index (χ0v) is 22.3. The fourth-order valence-corrected chi connectivity index (χ4v) is 6.66. The third-order valence-corrected chi connectivity index (χ3v) is 8.52. The molecule has 1 N–H and O–H groups in total. The number of amides is 1. The third-order valence-electron chi connectivity index (χ3n) is 6.51. The van der Waals surface area contributed by atoms with E-state index in [1.807, 2.05) is 27.8 Å². The van der Waals surface area contributed by atoms with Gasteiger partial charge < -0.3 is 19.7 Å². The number of unbranched alkanes of at least 4 members (excludes halogenated alkanes) is 1. The van der Waals surface area contributed by atoms with E-state index in [9.17, 15) is 18.0 Å². The Morgan fingerprint density at radius 3 is 2.31 bits per heavy atom. The third kappa shape index (κ3) is 6.41. The van der Waals surface area contributed by atoms with Gasteiger partial charge in [0.1, 0.15) is 11.3 Å². The summed E-state index contributed by atoms with van der Waals surface area (Å²) < 4.78 is 41.2. The fourth-order valence-electron chi connectivity index (χ4n) is 4.72. The van der Waals surface area contributed by atoms with Crippen molar-refractivity contribution in [2.45, 2.75) is 82.1 Å². The topological polar surface area (TPSA) is 105 Å². The highest BCUT2D eigenvalue weighted by Crippen LogP contribution is 2.42. The maximum Gasteiger partial charge on any atom is 0.410 e. The highest BCUT2D eigenvalue weighted by molar-refractivity contribution is 7.89. The van der Waals surface area contributed by atoms with Crippen molar-refractivity contribution >= 4 is 21.9 Å². The van der Waals surface area contributed by atoms with Crippen molar-refractivity contribution in [2.24, 2.45) is 0 Å². The second-order valence-electron chi connectivity index (χ2n) is 10.4. The number of carbonyl (C=O) groups excluding carboxylic acids is 2. The van der Waals surface area contributed by atoms with E-state index in [2.05, 4.69) is 5.32 Å². The standard InChI is InChI=1S/C25H39N3O6S/c1-19(29)20-9-11-22(12-10-20)35(31,32)28-21(8-6-7-15-26-5)18-33-25(28)13-16-27(17-14-25)23(30)34-24(2,3)4/h9-12,21,26H,6-8,13-18H2,1-5H3. The number of carbonyl (C=O) groups is 2. The molecule has 1 aromatic rings. The van der Waals surface area contributed by atoms with Gasteiger partial charge >= 0.3 is 6.09 Å². The number of hydrogen-bond acceptors (Lipinski definition) is 7. The molecule has 2 heterocycles. The van der Waals surface area contributed by atoms with Crippen molar-refractivity contribution in [3.05, 3.63) is 29.8 Å². The van der Waals surface area contributed by atoms with Crippen molar-refractivity contribution in [1.29, 1.82) is 0 Å². The van der Waals surface area contributed by atoms with Gasteiger partial charge in [-0.15, -0.1) is 0 Å². The Hall–Kier alpha value is -2.01. The van der Waals surface area contributed by atoms with Crippen LogP contribution in [0.2, 0.25) is 0 Å². The maximum atomic E-state index is 13.9. The van der Waals surface area contributed by atoms with E-state index in [-0.39, 0.29) is 16.7 Å². The summed E-state index contributed by atoms with van der Waals surface area (Å²) in [7, 11) is -2.00. The molecule has 0 aliphatic carbocycles.